The molecule has 0 aliphatic heterocycles. The van der Waals surface area contributed by atoms with Crippen molar-refractivity contribution in [2.24, 2.45) is 0 Å². The lowest BCUT2D eigenvalue weighted by atomic mass is 10.1. The number of rotatable bonds is 4. The van der Waals surface area contributed by atoms with E-state index >= 15 is 0 Å². The van der Waals surface area contributed by atoms with Crippen LogP contribution < -0.4 is 0 Å². The normalized spacial score (nSPS) is 12.1. The number of hydrogen-bond acceptors (Lipinski definition) is 1. The number of benzene rings is 8. The van der Waals surface area contributed by atoms with E-state index in [-0.39, 0.29) is 0 Å². The lowest BCUT2D eigenvalue weighted by Crippen LogP contribution is -2.03. The van der Waals surface area contributed by atoms with E-state index in [2.05, 4.69) is 218 Å². The number of hydrogen-bond donors (Lipinski definition) is 0. The maximum atomic E-state index is 5.52. The molecule has 5 heterocycles. The third-order valence-electron chi connectivity index (χ3n) is 12.2. The lowest BCUT2D eigenvalue weighted by Gasteiger charge is -2.13. The average molecular weight is 740 g/mol. The third kappa shape index (κ3) is 4.22. The molecule has 0 bridgehead atoms. The second-order valence-electron chi connectivity index (χ2n) is 15.2. The summed E-state index contributed by atoms with van der Waals surface area (Å²) in [5.41, 5.74) is 11.5. The molecule has 58 heavy (non-hydrogen) atoms. The van der Waals surface area contributed by atoms with Crippen LogP contribution in [-0.2, 0) is 0 Å². The zero-order valence-electron chi connectivity index (χ0n) is 31.3. The van der Waals surface area contributed by atoms with Crippen LogP contribution in [0.3, 0.4) is 0 Å². The Labute approximate surface area is 332 Å². The highest BCUT2D eigenvalue weighted by Crippen LogP contribution is 2.42. The maximum absolute atomic E-state index is 5.52. The van der Waals surface area contributed by atoms with E-state index in [4.69, 9.17) is 4.98 Å². The van der Waals surface area contributed by atoms with Gasteiger partial charge in [0.15, 0.2) is 0 Å². The van der Waals surface area contributed by atoms with Gasteiger partial charge in [0.25, 0.3) is 0 Å². The molecular weight excluding hydrogens is 707 g/mol. The van der Waals surface area contributed by atoms with Crippen molar-refractivity contribution in [3.63, 3.8) is 0 Å². The standard InChI is InChI=1S/C53H33N5/c1-7-23-43-36(17-1)37-18-2-8-24-44(37)55(43)34-15-13-16-35(33-34)56-48-28-12-6-22-42(48)52-49(56)32-31-41-40-21-5-11-27-47(40)58(53(41)52)51-30-14-29-50(54-51)57-45-25-9-3-19-38(45)39-20-4-10-26-46(39)57/h1-33H. The van der Waals surface area contributed by atoms with Crippen LogP contribution in [0.5, 0.6) is 0 Å². The van der Waals surface area contributed by atoms with Gasteiger partial charge in [-0.1, -0.05) is 127 Å². The highest BCUT2D eigenvalue weighted by molar-refractivity contribution is 6.26. The fourth-order valence-electron chi connectivity index (χ4n) is 9.83. The highest BCUT2D eigenvalue weighted by Gasteiger charge is 2.22. The van der Waals surface area contributed by atoms with Crippen LogP contribution in [0.15, 0.2) is 200 Å². The third-order valence-corrected chi connectivity index (χ3v) is 12.2. The van der Waals surface area contributed by atoms with Crippen molar-refractivity contribution >= 4 is 87.2 Å². The Balaban J connectivity index is 1.09. The Hall–Kier alpha value is -7.89. The molecule has 5 heteroatoms. The summed E-state index contributed by atoms with van der Waals surface area (Å²) in [7, 11) is 0. The molecule has 0 N–H and O–H groups in total. The van der Waals surface area contributed by atoms with Crippen molar-refractivity contribution < 1.29 is 0 Å². The summed E-state index contributed by atoms with van der Waals surface area (Å²) in [4.78, 5) is 5.52. The van der Waals surface area contributed by atoms with Crippen LogP contribution in [-0.4, -0.2) is 23.3 Å². The molecular formula is C53H33N5. The van der Waals surface area contributed by atoms with Crippen molar-refractivity contribution in [2.75, 3.05) is 0 Å². The topological polar surface area (TPSA) is 32.6 Å². The number of nitrogens with zero attached hydrogens (tertiary/aromatic N) is 5. The Morgan fingerprint density at radius 1 is 0.259 bits per heavy atom. The zero-order chi connectivity index (χ0) is 37.9. The van der Waals surface area contributed by atoms with E-state index in [0.717, 1.165) is 56.1 Å². The fraction of sp³-hybridized carbons (Fsp3) is 0. The van der Waals surface area contributed by atoms with E-state index in [1.807, 2.05) is 0 Å². The molecule has 0 amide bonds. The monoisotopic (exact) mass is 739 g/mol. The molecule has 0 aliphatic rings. The molecule has 270 valence electrons. The predicted octanol–water partition coefficient (Wildman–Crippen LogP) is 13.5. The van der Waals surface area contributed by atoms with Gasteiger partial charge in [-0.2, -0.15) is 0 Å². The minimum Gasteiger partial charge on any atom is -0.309 e. The van der Waals surface area contributed by atoms with Crippen LogP contribution in [0.2, 0.25) is 0 Å². The van der Waals surface area contributed by atoms with Crippen molar-refractivity contribution in [1.29, 1.82) is 0 Å². The SMILES string of the molecule is c1cc(-n2c3ccccc3c3ccccc32)cc(-n2c3ccccc3c3c2ccc2c4ccccc4n(-c4cccc(-n5c6ccccc6c6ccccc65)n4)c23)c1. The first-order chi connectivity index (χ1) is 28.8. The van der Waals surface area contributed by atoms with Crippen molar-refractivity contribution in [3.05, 3.63) is 200 Å². The molecule has 0 aliphatic carbocycles. The highest BCUT2D eigenvalue weighted by atomic mass is 15.1. The molecule has 0 spiro atoms. The smallest absolute Gasteiger partial charge is 0.140 e. The van der Waals surface area contributed by atoms with E-state index in [0.29, 0.717) is 0 Å². The fourth-order valence-corrected chi connectivity index (χ4v) is 9.83. The minimum absolute atomic E-state index is 0.878. The van der Waals surface area contributed by atoms with Crippen LogP contribution in [0.4, 0.5) is 0 Å². The Morgan fingerprint density at radius 3 is 1.17 bits per heavy atom. The van der Waals surface area contributed by atoms with E-state index in [1.54, 1.807) is 0 Å². The molecule has 13 aromatic rings. The first-order valence-electron chi connectivity index (χ1n) is 19.8. The summed E-state index contributed by atoms with van der Waals surface area (Å²) in [6, 6.07) is 72.3. The van der Waals surface area contributed by atoms with Gasteiger partial charge in [0.05, 0.1) is 44.1 Å². The number of pyridine rings is 1. The van der Waals surface area contributed by atoms with E-state index < -0.39 is 0 Å². The minimum atomic E-state index is 0.878. The van der Waals surface area contributed by atoms with Crippen molar-refractivity contribution in [3.8, 4) is 23.0 Å². The summed E-state index contributed by atoms with van der Waals surface area (Å²) in [5, 5.41) is 9.77. The summed E-state index contributed by atoms with van der Waals surface area (Å²) in [6.07, 6.45) is 0. The Bertz CT molecular complexity index is 3710. The summed E-state index contributed by atoms with van der Waals surface area (Å²) in [6.45, 7) is 0. The van der Waals surface area contributed by atoms with Gasteiger partial charge in [-0.25, -0.2) is 4.98 Å². The van der Waals surface area contributed by atoms with Gasteiger partial charge in [0.1, 0.15) is 11.6 Å². The Kier molecular flexibility index (Phi) is 6.38. The largest absolute Gasteiger partial charge is 0.309 e. The molecule has 0 saturated heterocycles. The van der Waals surface area contributed by atoms with E-state index in [1.165, 1.54) is 54.1 Å². The molecule has 0 fully saturated rings. The summed E-state index contributed by atoms with van der Waals surface area (Å²) < 4.78 is 9.52. The van der Waals surface area contributed by atoms with Gasteiger partial charge in [-0.3, -0.25) is 9.13 Å². The number of aromatic nitrogens is 5. The van der Waals surface area contributed by atoms with Gasteiger partial charge < -0.3 is 9.13 Å². The Morgan fingerprint density at radius 2 is 0.638 bits per heavy atom. The predicted molar refractivity (Wildman–Crippen MR) is 242 cm³/mol. The van der Waals surface area contributed by atoms with Gasteiger partial charge in [0, 0.05) is 54.5 Å². The van der Waals surface area contributed by atoms with Crippen LogP contribution >= 0.6 is 0 Å². The van der Waals surface area contributed by atoms with Gasteiger partial charge >= 0.3 is 0 Å². The zero-order valence-corrected chi connectivity index (χ0v) is 31.3. The van der Waals surface area contributed by atoms with Crippen LogP contribution in [0.25, 0.3) is 110 Å². The van der Waals surface area contributed by atoms with Crippen LogP contribution in [0, 0.1) is 0 Å². The van der Waals surface area contributed by atoms with Gasteiger partial charge in [0.2, 0.25) is 0 Å². The van der Waals surface area contributed by atoms with E-state index in [9.17, 15) is 0 Å². The number of fused-ring (bicyclic) bond motifs is 13. The average Bonchev–Trinajstić information content (AvgIpc) is 4.01. The lowest BCUT2D eigenvalue weighted by molar-refractivity contribution is 1.02. The summed E-state index contributed by atoms with van der Waals surface area (Å²) in [5.74, 6) is 1.76. The quantitative estimate of drug-likeness (QED) is 0.177. The molecule has 5 aromatic heterocycles. The number of para-hydroxylation sites is 6. The second-order valence-corrected chi connectivity index (χ2v) is 15.2. The molecule has 0 radical (unpaired) electrons. The molecule has 0 saturated carbocycles. The van der Waals surface area contributed by atoms with Gasteiger partial charge in [-0.05, 0) is 72.8 Å². The molecule has 8 aromatic carbocycles. The molecule has 0 unspecified atom stereocenters. The van der Waals surface area contributed by atoms with Crippen molar-refractivity contribution in [1.82, 2.24) is 23.3 Å². The maximum Gasteiger partial charge on any atom is 0.140 e. The second kappa shape index (κ2) is 11.8. The summed E-state index contributed by atoms with van der Waals surface area (Å²) >= 11 is 0. The first kappa shape index (κ1) is 31.3. The van der Waals surface area contributed by atoms with Crippen molar-refractivity contribution in [2.45, 2.75) is 0 Å². The molecule has 5 nitrogen and oxygen atoms in total. The van der Waals surface area contributed by atoms with Crippen LogP contribution in [0.1, 0.15) is 0 Å². The molecule has 13 rings (SSSR count). The first-order valence-corrected chi connectivity index (χ1v) is 19.8. The van der Waals surface area contributed by atoms with Gasteiger partial charge in [-0.15, -0.1) is 0 Å². The molecule has 0 atom stereocenters.